The predicted octanol–water partition coefficient (Wildman–Crippen LogP) is 3.06. The van der Waals surface area contributed by atoms with Crippen molar-refractivity contribution in [3.8, 4) is 11.5 Å². The summed E-state index contributed by atoms with van der Waals surface area (Å²) in [5, 5.41) is 0. The van der Waals surface area contributed by atoms with Gasteiger partial charge in [-0.15, -0.1) is 13.2 Å². The van der Waals surface area contributed by atoms with Gasteiger partial charge in [-0.1, -0.05) is 6.07 Å². The maximum Gasteiger partial charge on any atom is 0.573 e. The van der Waals surface area contributed by atoms with E-state index < -0.39 is 12.5 Å². The molecule has 0 aliphatic carbocycles. The Kier molecular flexibility index (Phi) is 4.64. The van der Waals surface area contributed by atoms with E-state index in [-0.39, 0.29) is 12.3 Å². The highest BCUT2D eigenvalue weighted by Gasteiger charge is 2.31. The maximum atomic E-state index is 12.0. The molecular weight excluding hydrogens is 285 g/mol. The Balaban J connectivity index is 2.05. The molecule has 0 bridgehead atoms. The third-order valence-corrected chi connectivity index (χ3v) is 2.57. The Morgan fingerprint density at radius 2 is 1.71 bits per heavy atom. The number of aromatic nitrogens is 1. The van der Waals surface area contributed by atoms with Crippen LogP contribution in [0.25, 0.3) is 0 Å². The zero-order chi connectivity index (χ0) is 15.3. The molecule has 1 aromatic heterocycles. The van der Waals surface area contributed by atoms with E-state index in [9.17, 15) is 13.2 Å². The van der Waals surface area contributed by atoms with Crippen molar-refractivity contribution in [3.05, 3.63) is 54.4 Å². The molecule has 0 fully saturated rings. The fourth-order valence-corrected chi connectivity index (χ4v) is 1.68. The molecule has 0 radical (unpaired) electrons. The van der Waals surface area contributed by atoms with Gasteiger partial charge in [0, 0.05) is 12.7 Å². The molecule has 7 heteroatoms. The summed E-state index contributed by atoms with van der Waals surface area (Å²) in [5.74, 6) is 0.0719. The van der Waals surface area contributed by atoms with Gasteiger partial charge in [0.2, 0.25) is 0 Å². The van der Waals surface area contributed by atoms with E-state index in [1.165, 1.54) is 24.3 Å². The van der Waals surface area contributed by atoms with Gasteiger partial charge in [-0.3, -0.25) is 4.98 Å². The van der Waals surface area contributed by atoms with E-state index in [0.717, 1.165) is 0 Å². The van der Waals surface area contributed by atoms with Crippen molar-refractivity contribution >= 4 is 0 Å². The highest BCUT2D eigenvalue weighted by Crippen LogP contribution is 2.26. The van der Waals surface area contributed by atoms with E-state index >= 15 is 0 Å². The SMILES string of the molecule is NCC(Oc1ccc(OC(F)(F)F)cc1)c1ccccn1. The average molecular weight is 298 g/mol. The van der Waals surface area contributed by atoms with Crippen LogP contribution in [-0.4, -0.2) is 17.9 Å². The Morgan fingerprint density at radius 1 is 1.05 bits per heavy atom. The number of hydrogen-bond acceptors (Lipinski definition) is 4. The second-order valence-electron chi connectivity index (χ2n) is 4.12. The van der Waals surface area contributed by atoms with Crippen molar-refractivity contribution in [2.45, 2.75) is 12.5 Å². The number of ether oxygens (including phenoxy) is 2. The van der Waals surface area contributed by atoms with E-state index in [2.05, 4.69) is 9.72 Å². The lowest BCUT2D eigenvalue weighted by Gasteiger charge is -2.17. The summed E-state index contributed by atoms with van der Waals surface area (Å²) in [6.07, 6.45) is -3.57. The quantitative estimate of drug-likeness (QED) is 0.921. The van der Waals surface area contributed by atoms with Crippen LogP contribution in [0.1, 0.15) is 11.8 Å². The lowest BCUT2D eigenvalue weighted by atomic mass is 10.2. The minimum atomic E-state index is -4.71. The Labute approximate surface area is 119 Å². The minimum Gasteiger partial charge on any atom is -0.483 e. The fraction of sp³-hybridized carbons (Fsp3) is 0.214. The molecule has 0 amide bonds. The highest BCUT2D eigenvalue weighted by molar-refractivity contribution is 5.32. The monoisotopic (exact) mass is 298 g/mol. The lowest BCUT2D eigenvalue weighted by molar-refractivity contribution is -0.274. The molecule has 2 N–H and O–H groups in total. The third kappa shape index (κ3) is 4.64. The van der Waals surface area contributed by atoms with Crippen LogP contribution >= 0.6 is 0 Å². The summed E-state index contributed by atoms with van der Waals surface area (Å²) < 4.78 is 45.5. The first-order chi connectivity index (χ1) is 9.98. The molecule has 2 aromatic rings. The average Bonchev–Trinajstić information content (AvgIpc) is 2.46. The van der Waals surface area contributed by atoms with Crippen LogP contribution in [0, 0.1) is 0 Å². The van der Waals surface area contributed by atoms with Crippen LogP contribution in [0.5, 0.6) is 11.5 Å². The fourth-order valence-electron chi connectivity index (χ4n) is 1.68. The predicted molar refractivity (Wildman–Crippen MR) is 69.8 cm³/mol. The number of halogens is 3. The standard InChI is InChI=1S/C14H13F3N2O2/c15-14(16,17)21-11-6-4-10(5-7-11)20-13(9-18)12-3-1-2-8-19-12/h1-8,13H,9,18H2. The number of benzene rings is 1. The number of pyridine rings is 1. The molecule has 2 rings (SSSR count). The Morgan fingerprint density at radius 3 is 2.24 bits per heavy atom. The van der Waals surface area contributed by atoms with E-state index in [0.29, 0.717) is 11.4 Å². The first kappa shape index (κ1) is 15.1. The molecule has 0 spiro atoms. The van der Waals surface area contributed by atoms with Gasteiger partial charge in [0.25, 0.3) is 0 Å². The molecule has 0 aliphatic rings. The Hall–Kier alpha value is -2.28. The molecule has 0 saturated heterocycles. The molecular formula is C14H13F3N2O2. The summed E-state index contributed by atoms with van der Waals surface area (Å²) in [7, 11) is 0. The largest absolute Gasteiger partial charge is 0.573 e. The zero-order valence-corrected chi connectivity index (χ0v) is 10.9. The summed E-state index contributed by atoms with van der Waals surface area (Å²) in [4.78, 5) is 4.13. The molecule has 1 atom stereocenters. The van der Waals surface area contributed by atoms with Crippen LogP contribution in [0.3, 0.4) is 0 Å². The van der Waals surface area contributed by atoms with Crippen molar-refractivity contribution in [1.82, 2.24) is 4.98 Å². The molecule has 1 heterocycles. The van der Waals surface area contributed by atoms with Gasteiger partial charge < -0.3 is 15.2 Å². The van der Waals surface area contributed by atoms with Crippen molar-refractivity contribution in [2.75, 3.05) is 6.54 Å². The van der Waals surface area contributed by atoms with Gasteiger partial charge in [0.15, 0.2) is 6.10 Å². The van der Waals surface area contributed by atoms with E-state index in [1.54, 1.807) is 24.4 Å². The van der Waals surface area contributed by atoms with Crippen molar-refractivity contribution in [2.24, 2.45) is 5.73 Å². The van der Waals surface area contributed by atoms with Crippen molar-refractivity contribution < 1.29 is 22.6 Å². The lowest BCUT2D eigenvalue weighted by Crippen LogP contribution is -2.19. The maximum absolute atomic E-state index is 12.0. The summed E-state index contributed by atoms with van der Waals surface area (Å²) in [6, 6.07) is 10.4. The van der Waals surface area contributed by atoms with Gasteiger partial charge >= 0.3 is 6.36 Å². The van der Waals surface area contributed by atoms with E-state index in [4.69, 9.17) is 10.5 Å². The molecule has 0 aliphatic heterocycles. The third-order valence-electron chi connectivity index (χ3n) is 2.57. The highest BCUT2D eigenvalue weighted by atomic mass is 19.4. The van der Waals surface area contributed by atoms with Crippen molar-refractivity contribution in [1.29, 1.82) is 0 Å². The molecule has 1 unspecified atom stereocenters. The van der Waals surface area contributed by atoms with Gasteiger partial charge in [-0.2, -0.15) is 0 Å². The summed E-state index contributed by atoms with van der Waals surface area (Å²) in [5.41, 5.74) is 6.28. The number of nitrogens with zero attached hydrogens (tertiary/aromatic N) is 1. The molecule has 21 heavy (non-hydrogen) atoms. The summed E-state index contributed by atoms with van der Waals surface area (Å²) in [6.45, 7) is 0.192. The first-order valence-electron chi connectivity index (χ1n) is 6.11. The number of nitrogens with two attached hydrogens (primary N) is 1. The molecule has 1 aromatic carbocycles. The van der Waals surface area contributed by atoms with Gasteiger partial charge in [-0.25, -0.2) is 0 Å². The van der Waals surface area contributed by atoms with E-state index in [1.807, 2.05) is 0 Å². The topological polar surface area (TPSA) is 57.4 Å². The number of rotatable bonds is 5. The van der Waals surface area contributed by atoms with Crippen molar-refractivity contribution in [3.63, 3.8) is 0 Å². The Bertz CT molecular complexity index is 559. The first-order valence-corrected chi connectivity index (χ1v) is 6.11. The van der Waals surface area contributed by atoms with Gasteiger partial charge in [-0.05, 0) is 36.4 Å². The normalized spacial score (nSPS) is 12.8. The summed E-state index contributed by atoms with van der Waals surface area (Å²) >= 11 is 0. The smallest absolute Gasteiger partial charge is 0.483 e. The molecule has 0 saturated carbocycles. The molecule has 112 valence electrons. The van der Waals surface area contributed by atoms with Crippen LogP contribution in [-0.2, 0) is 0 Å². The molecule has 4 nitrogen and oxygen atoms in total. The number of alkyl halides is 3. The van der Waals surface area contributed by atoms with Crippen LogP contribution in [0.4, 0.5) is 13.2 Å². The van der Waals surface area contributed by atoms with Gasteiger partial charge in [0.05, 0.1) is 5.69 Å². The number of hydrogen-bond donors (Lipinski definition) is 1. The second kappa shape index (κ2) is 6.45. The van der Waals surface area contributed by atoms with Crippen LogP contribution in [0.15, 0.2) is 48.7 Å². The minimum absolute atomic E-state index is 0.192. The van der Waals surface area contributed by atoms with Crippen LogP contribution in [0.2, 0.25) is 0 Å². The zero-order valence-electron chi connectivity index (χ0n) is 10.9. The second-order valence-corrected chi connectivity index (χ2v) is 4.12. The van der Waals surface area contributed by atoms with Crippen LogP contribution < -0.4 is 15.2 Å². The van der Waals surface area contributed by atoms with Gasteiger partial charge in [0.1, 0.15) is 11.5 Å².